The maximum Gasteiger partial charge on any atom is 0.314 e. The highest BCUT2D eigenvalue weighted by molar-refractivity contribution is 6.39. The average Bonchev–Trinajstić information content (AvgIpc) is 2.50. The Morgan fingerprint density at radius 1 is 1.23 bits per heavy atom. The summed E-state index contributed by atoms with van der Waals surface area (Å²) in [7, 11) is 3.47. The monoisotopic (exact) mass is 325 g/mol. The van der Waals surface area contributed by atoms with E-state index in [0.717, 1.165) is 18.7 Å². The first-order chi connectivity index (χ1) is 10.4. The van der Waals surface area contributed by atoms with Crippen LogP contribution in [0.15, 0.2) is 12.1 Å². The first-order valence-electron chi connectivity index (χ1n) is 7.05. The molecular formula is C15H20ClN3O3. The van der Waals surface area contributed by atoms with Gasteiger partial charge in [0, 0.05) is 37.3 Å². The van der Waals surface area contributed by atoms with E-state index in [2.05, 4.69) is 10.2 Å². The quantitative estimate of drug-likeness (QED) is 0.834. The van der Waals surface area contributed by atoms with E-state index in [1.807, 2.05) is 14.0 Å². The van der Waals surface area contributed by atoms with Gasteiger partial charge in [-0.3, -0.25) is 9.59 Å². The second-order valence-electron chi connectivity index (χ2n) is 5.35. The van der Waals surface area contributed by atoms with Crippen LogP contribution >= 0.6 is 11.6 Å². The second kappa shape index (κ2) is 6.98. The largest absolute Gasteiger partial charge is 0.495 e. The zero-order valence-corrected chi connectivity index (χ0v) is 13.7. The lowest BCUT2D eigenvalue weighted by molar-refractivity contribution is -0.144. The maximum atomic E-state index is 12.2. The van der Waals surface area contributed by atoms with Crippen LogP contribution in [0.2, 0.25) is 5.02 Å². The van der Waals surface area contributed by atoms with Gasteiger partial charge in [0.2, 0.25) is 0 Å². The van der Waals surface area contributed by atoms with Crippen LogP contribution in [0.1, 0.15) is 5.56 Å². The number of piperazine rings is 1. The first-order valence-corrected chi connectivity index (χ1v) is 7.43. The molecule has 0 saturated carbocycles. The van der Waals surface area contributed by atoms with Crippen molar-refractivity contribution in [3.8, 4) is 5.75 Å². The molecule has 2 rings (SSSR count). The Hall–Kier alpha value is -1.79. The lowest BCUT2D eigenvalue weighted by Crippen LogP contribution is -2.50. The zero-order chi connectivity index (χ0) is 16.3. The molecule has 1 N–H and O–H groups in total. The van der Waals surface area contributed by atoms with E-state index < -0.39 is 11.8 Å². The zero-order valence-electron chi connectivity index (χ0n) is 13.0. The third kappa shape index (κ3) is 3.69. The van der Waals surface area contributed by atoms with Crippen molar-refractivity contribution in [1.82, 2.24) is 9.80 Å². The first kappa shape index (κ1) is 16.6. The number of amides is 2. The smallest absolute Gasteiger partial charge is 0.314 e. The van der Waals surface area contributed by atoms with Gasteiger partial charge < -0.3 is 19.9 Å². The number of methoxy groups -OCH3 is 1. The Kier molecular flexibility index (Phi) is 5.26. The summed E-state index contributed by atoms with van der Waals surface area (Å²) >= 11 is 6.03. The number of rotatable bonds is 2. The molecule has 7 heteroatoms. The molecule has 1 saturated heterocycles. The number of likely N-dealkylation sites (N-methyl/N-ethyl adjacent to an activating group) is 1. The molecule has 1 aliphatic rings. The van der Waals surface area contributed by atoms with Crippen LogP contribution in [0.25, 0.3) is 0 Å². The van der Waals surface area contributed by atoms with E-state index in [9.17, 15) is 9.59 Å². The average molecular weight is 326 g/mol. The number of nitrogens with one attached hydrogen (secondary N) is 1. The van der Waals surface area contributed by atoms with Gasteiger partial charge in [0.05, 0.1) is 12.8 Å². The molecule has 6 nitrogen and oxygen atoms in total. The summed E-state index contributed by atoms with van der Waals surface area (Å²) in [5.41, 5.74) is 1.24. The van der Waals surface area contributed by atoms with E-state index in [4.69, 9.17) is 16.3 Å². The maximum absolute atomic E-state index is 12.2. The predicted molar refractivity (Wildman–Crippen MR) is 85.4 cm³/mol. The molecule has 120 valence electrons. The number of anilines is 1. The molecule has 0 aliphatic carbocycles. The fraction of sp³-hybridized carbons (Fsp3) is 0.467. The lowest BCUT2D eigenvalue weighted by Gasteiger charge is -2.31. The van der Waals surface area contributed by atoms with Gasteiger partial charge in [-0.2, -0.15) is 0 Å². The third-order valence-electron chi connectivity index (χ3n) is 3.71. The molecule has 0 spiro atoms. The van der Waals surface area contributed by atoms with Gasteiger partial charge in [-0.15, -0.1) is 0 Å². The molecule has 22 heavy (non-hydrogen) atoms. The second-order valence-corrected chi connectivity index (χ2v) is 5.76. The molecule has 1 heterocycles. The van der Waals surface area contributed by atoms with Gasteiger partial charge in [-0.25, -0.2) is 0 Å². The highest BCUT2D eigenvalue weighted by Gasteiger charge is 2.25. The van der Waals surface area contributed by atoms with E-state index >= 15 is 0 Å². The summed E-state index contributed by atoms with van der Waals surface area (Å²) < 4.78 is 5.19. The van der Waals surface area contributed by atoms with Crippen LogP contribution in [0.4, 0.5) is 5.69 Å². The minimum atomic E-state index is -0.662. The standard InChI is InChI=1S/C15H20ClN3O3/c1-10-8-12(13(22-3)9-11(10)16)17-14(20)15(21)19-6-4-18(2)5-7-19/h8-9H,4-7H2,1-3H3,(H,17,20). The fourth-order valence-corrected chi connectivity index (χ4v) is 2.41. The van der Waals surface area contributed by atoms with Crippen LogP contribution in [-0.4, -0.2) is 62.0 Å². The molecule has 0 bridgehead atoms. The molecule has 0 aromatic heterocycles. The molecule has 1 aromatic rings. The van der Waals surface area contributed by atoms with Crippen molar-refractivity contribution in [2.45, 2.75) is 6.92 Å². The molecule has 1 fully saturated rings. The van der Waals surface area contributed by atoms with Crippen molar-refractivity contribution in [2.75, 3.05) is 45.7 Å². The molecule has 0 unspecified atom stereocenters. The Balaban J connectivity index is 2.08. The SMILES string of the molecule is COc1cc(Cl)c(C)cc1NC(=O)C(=O)N1CCN(C)CC1. The van der Waals surface area contributed by atoms with Gasteiger partial charge in [0.1, 0.15) is 5.75 Å². The number of hydrogen-bond donors (Lipinski definition) is 1. The molecule has 0 radical (unpaired) electrons. The Morgan fingerprint density at radius 2 is 1.86 bits per heavy atom. The normalized spacial score (nSPS) is 15.5. The molecule has 2 amide bonds. The summed E-state index contributed by atoms with van der Waals surface area (Å²) in [6.45, 7) is 4.46. The topological polar surface area (TPSA) is 61.9 Å². The minimum Gasteiger partial charge on any atom is -0.495 e. The lowest BCUT2D eigenvalue weighted by atomic mass is 10.2. The van der Waals surface area contributed by atoms with Crippen LogP contribution in [0.3, 0.4) is 0 Å². The van der Waals surface area contributed by atoms with E-state index in [-0.39, 0.29) is 0 Å². The number of carbonyl (C=O) groups is 2. The van der Waals surface area contributed by atoms with Crippen LogP contribution in [0.5, 0.6) is 5.75 Å². The van der Waals surface area contributed by atoms with Crippen molar-refractivity contribution in [2.24, 2.45) is 0 Å². The molecule has 0 atom stereocenters. The number of carbonyl (C=O) groups excluding carboxylic acids is 2. The number of nitrogens with zero attached hydrogens (tertiary/aromatic N) is 2. The van der Waals surface area contributed by atoms with Crippen LogP contribution in [0, 0.1) is 6.92 Å². The Bertz CT molecular complexity index is 584. The van der Waals surface area contributed by atoms with Crippen molar-refractivity contribution in [1.29, 1.82) is 0 Å². The van der Waals surface area contributed by atoms with Crippen LogP contribution < -0.4 is 10.1 Å². The summed E-state index contributed by atoms with van der Waals surface area (Å²) in [6, 6.07) is 3.31. The van der Waals surface area contributed by atoms with Crippen molar-refractivity contribution in [3.05, 3.63) is 22.7 Å². The number of hydrogen-bond acceptors (Lipinski definition) is 4. The number of benzene rings is 1. The van der Waals surface area contributed by atoms with Crippen LogP contribution in [-0.2, 0) is 9.59 Å². The predicted octanol–water partition coefficient (Wildman–Crippen LogP) is 1.37. The highest BCUT2D eigenvalue weighted by Crippen LogP contribution is 2.30. The van der Waals surface area contributed by atoms with Crippen molar-refractivity contribution < 1.29 is 14.3 Å². The number of aryl methyl sites for hydroxylation is 1. The fourth-order valence-electron chi connectivity index (χ4n) is 2.26. The van der Waals surface area contributed by atoms with Gasteiger partial charge >= 0.3 is 11.8 Å². The number of halogens is 1. The van der Waals surface area contributed by atoms with E-state index in [1.54, 1.807) is 17.0 Å². The van der Waals surface area contributed by atoms with Gasteiger partial charge in [0.15, 0.2) is 0 Å². The van der Waals surface area contributed by atoms with E-state index in [1.165, 1.54) is 7.11 Å². The van der Waals surface area contributed by atoms with E-state index in [0.29, 0.717) is 29.5 Å². The van der Waals surface area contributed by atoms with Crippen molar-refractivity contribution >= 4 is 29.1 Å². The summed E-state index contributed by atoms with van der Waals surface area (Å²) in [5, 5.41) is 3.15. The summed E-state index contributed by atoms with van der Waals surface area (Å²) in [5.74, 6) is -0.762. The van der Waals surface area contributed by atoms with Gasteiger partial charge in [-0.05, 0) is 25.6 Å². The summed E-state index contributed by atoms with van der Waals surface area (Å²) in [6.07, 6.45) is 0. The molecule has 1 aliphatic heterocycles. The molecule has 1 aromatic carbocycles. The highest BCUT2D eigenvalue weighted by atomic mass is 35.5. The number of ether oxygens (including phenoxy) is 1. The third-order valence-corrected chi connectivity index (χ3v) is 4.12. The summed E-state index contributed by atoms with van der Waals surface area (Å²) in [4.78, 5) is 28.0. The van der Waals surface area contributed by atoms with Gasteiger partial charge in [-0.1, -0.05) is 11.6 Å². The minimum absolute atomic E-state index is 0.426. The van der Waals surface area contributed by atoms with Crippen molar-refractivity contribution in [3.63, 3.8) is 0 Å². The van der Waals surface area contributed by atoms with Gasteiger partial charge in [0.25, 0.3) is 0 Å². The Labute approximate surface area is 135 Å². The Morgan fingerprint density at radius 3 is 2.45 bits per heavy atom. The molecular weight excluding hydrogens is 306 g/mol.